The third-order valence-corrected chi connectivity index (χ3v) is 1.37. The molecule has 1 fully saturated rings. The Morgan fingerprint density at radius 1 is 1.23 bits per heavy atom. The molecule has 2 unspecified atom stereocenters. The number of carbonyl (C=O) groups is 3. The maximum atomic E-state index is 10.8. The van der Waals surface area contributed by atoms with Crippen LogP contribution in [0.3, 0.4) is 0 Å². The van der Waals surface area contributed by atoms with Gasteiger partial charge in [-0.15, -0.1) is 0 Å². The Morgan fingerprint density at radius 3 is 1.92 bits per heavy atom. The standard InChI is InChI=1S/C5H5NO7/c7-1-2(8)4(10)6(3(1)9)13-5(11)12/h1-2,7-8H,(H,11,12). The predicted molar refractivity (Wildman–Crippen MR) is 33.0 cm³/mol. The summed E-state index contributed by atoms with van der Waals surface area (Å²) in [5.41, 5.74) is 0. The second kappa shape index (κ2) is 2.99. The lowest BCUT2D eigenvalue weighted by Gasteiger charge is -2.08. The first-order valence-electron chi connectivity index (χ1n) is 3.10. The molecule has 8 nitrogen and oxygen atoms in total. The van der Waals surface area contributed by atoms with E-state index in [2.05, 4.69) is 4.84 Å². The summed E-state index contributed by atoms with van der Waals surface area (Å²) in [4.78, 5) is 35.2. The lowest BCUT2D eigenvalue weighted by molar-refractivity contribution is -0.178. The van der Waals surface area contributed by atoms with Gasteiger partial charge in [0, 0.05) is 0 Å². The van der Waals surface area contributed by atoms with Gasteiger partial charge in [-0.1, -0.05) is 5.06 Å². The van der Waals surface area contributed by atoms with E-state index in [4.69, 9.17) is 15.3 Å². The van der Waals surface area contributed by atoms with E-state index >= 15 is 0 Å². The van der Waals surface area contributed by atoms with Crippen molar-refractivity contribution in [3.8, 4) is 0 Å². The van der Waals surface area contributed by atoms with Gasteiger partial charge < -0.3 is 15.3 Å². The van der Waals surface area contributed by atoms with E-state index in [1.165, 1.54) is 0 Å². The van der Waals surface area contributed by atoms with Crippen molar-refractivity contribution < 1.29 is 34.5 Å². The zero-order valence-corrected chi connectivity index (χ0v) is 6.08. The molecule has 8 heteroatoms. The van der Waals surface area contributed by atoms with Crippen molar-refractivity contribution >= 4 is 18.0 Å². The molecule has 1 rings (SSSR count). The summed E-state index contributed by atoms with van der Waals surface area (Å²) < 4.78 is 0. The molecular weight excluding hydrogens is 186 g/mol. The maximum absolute atomic E-state index is 10.8. The van der Waals surface area contributed by atoms with E-state index in [0.29, 0.717) is 0 Å². The van der Waals surface area contributed by atoms with Crippen LogP contribution in [-0.2, 0) is 14.4 Å². The molecular formula is C5H5NO7. The van der Waals surface area contributed by atoms with Crippen molar-refractivity contribution in [2.45, 2.75) is 12.2 Å². The minimum atomic E-state index is -1.97. The van der Waals surface area contributed by atoms with Crippen LogP contribution in [0, 0.1) is 0 Å². The summed E-state index contributed by atoms with van der Waals surface area (Å²) in [5.74, 6) is -2.61. The van der Waals surface area contributed by atoms with Crippen LogP contribution in [0.15, 0.2) is 0 Å². The van der Waals surface area contributed by atoms with Crippen molar-refractivity contribution in [1.29, 1.82) is 0 Å². The molecule has 0 aromatic carbocycles. The van der Waals surface area contributed by atoms with Crippen molar-refractivity contribution in [3.63, 3.8) is 0 Å². The van der Waals surface area contributed by atoms with E-state index in [1.807, 2.05) is 0 Å². The highest BCUT2D eigenvalue weighted by molar-refractivity contribution is 6.07. The average Bonchev–Trinajstić information content (AvgIpc) is 2.22. The molecule has 2 atom stereocenters. The average molecular weight is 191 g/mol. The molecule has 3 N–H and O–H groups in total. The molecule has 1 aliphatic heterocycles. The van der Waals surface area contributed by atoms with Crippen LogP contribution in [-0.4, -0.2) is 50.6 Å². The number of hydroxylamine groups is 2. The zero-order chi connectivity index (χ0) is 10.2. The van der Waals surface area contributed by atoms with Gasteiger partial charge >= 0.3 is 6.16 Å². The van der Waals surface area contributed by atoms with Crippen LogP contribution < -0.4 is 0 Å². The summed E-state index contributed by atoms with van der Waals surface area (Å²) in [6.45, 7) is 0. The Kier molecular flexibility index (Phi) is 2.17. The van der Waals surface area contributed by atoms with Gasteiger partial charge in [-0.2, -0.15) is 0 Å². The highest BCUT2D eigenvalue weighted by atomic mass is 16.8. The van der Waals surface area contributed by atoms with Crippen LogP contribution in [0.1, 0.15) is 0 Å². The predicted octanol–water partition coefficient (Wildman–Crippen LogP) is -2.31. The quantitative estimate of drug-likeness (QED) is 0.397. The minimum absolute atomic E-state index is 0.197. The van der Waals surface area contributed by atoms with Gasteiger partial charge in [-0.25, -0.2) is 4.79 Å². The molecule has 1 aliphatic rings. The number of aliphatic hydroxyl groups excluding tert-OH is 2. The van der Waals surface area contributed by atoms with Crippen molar-refractivity contribution in [1.82, 2.24) is 5.06 Å². The third-order valence-electron chi connectivity index (χ3n) is 1.37. The van der Waals surface area contributed by atoms with Gasteiger partial charge in [-0.3, -0.25) is 14.4 Å². The molecule has 0 aromatic rings. The molecule has 0 bridgehead atoms. The van der Waals surface area contributed by atoms with Gasteiger partial charge in [0.2, 0.25) is 0 Å². The summed E-state index contributed by atoms with van der Waals surface area (Å²) in [5, 5.41) is 25.4. The highest BCUT2D eigenvalue weighted by Gasteiger charge is 2.48. The van der Waals surface area contributed by atoms with E-state index < -0.39 is 30.2 Å². The molecule has 0 aliphatic carbocycles. The summed E-state index contributed by atoms with van der Waals surface area (Å²) in [6, 6.07) is 0. The van der Waals surface area contributed by atoms with Gasteiger partial charge in [-0.05, 0) is 0 Å². The third kappa shape index (κ3) is 1.44. The Morgan fingerprint density at radius 2 is 1.62 bits per heavy atom. The SMILES string of the molecule is O=C(O)ON1C(=O)C(O)C(O)C1=O. The van der Waals surface area contributed by atoms with E-state index in [0.717, 1.165) is 0 Å². The molecule has 0 aromatic heterocycles. The number of nitrogens with zero attached hydrogens (tertiary/aromatic N) is 1. The number of rotatable bonds is 1. The van der Waals surface area contributed by atoms with Crippen molar-refractivity contribution in [3.05, 3.63) is 0 Å². The molecule has 1 saturated heterocycles. The summed E-state index contributed by atoms with van der Waals surface area (Å²) >= 11 is 0. The fourth-order valence-corrected chi connectivity index (χ4v) is 0.787. The van der Waals surface area contributed by atoms with Gasteiger partial charge in [0.05, 0.1) is 0 Å². The molecule has 2 amide bonds. The van der Waals surface area contributed by atoms with Crippen LogP contribution >= 0.6 is 0 Å². The first kappa shape index (κ1) is 9.42. The van der Waals surface area contributed by atoms with E-state index in [-0.39, 0.29) is 5.06 Å². The molecule has 0 radical (unpaired) electrons. The Hall–Kier alpha value is -1.67. The van der Waals surface area contributed by atoms with Gasteiger partial charge in [0.25, 0.3) is 11.8 Å². The number of amides is 2. The van der Waals surface area contributed by atoms with Crippen LogP contribution in [0.5, 0.6) is 0 Å². The van der Waals surface area contributed by atoms with Gasteiger partial charge in [0.1, 0.15) is 0 Å². The second-order valence-corrected chi connectivity index (χ2v) is 2.22. The Balaban J connectivity index is 2.81. The van der Waals surface area contributed by atoms with Crippen molar-refractivity contribution in [2.75, 3.05) is 0 Å². The number of imide groups is 1. The van der Waals surface area contributed by atoms with Crippen molar-refractivity contribution in [2.24, 2.45) is 0 Å². The maximum Gasteiger partial charge on any atom is 0.531 e. The minimum Gasteiger partial charge on any atom is -0.448 e. The molecule has 72 valence electrons. The number of aliphatic hydroxyl groups is 2. The largest absolute Gasteiger partial charge is 0.531 e. The fraction of sp³-hybridized carbons (Fsp3) is 0.400. The summed E-state index contributed by atoms with van der Waals surface area (Å²) in [6.07, 6.45) is -5.82. The fourth-order valence-electron chi connectivity index (χ4n) is 0.787. The first-order chi connectivity index (χ1) is 5.95. The number of hydrogen-bond acceptors (Lipinski definition) is 6. The lowest BCUT2D eigenvalue weighted by atomic mass is 10.2. The number of carboxylic acid groups (broad SMARTS) is 1. The van der Waals surface area contributed by atoms with E-state index in [1.54, 1.807) is 0 Å². The monoisotopic (exact) mass is 191 g/mol. The molecule has 0 saturated carbocycles. The number of carbonyl (C=O) groups excluding carboxylic acids is 2. The number of hydrogen-bond donors (Lipinski definition) is 3. The molecule has 0 spiro atoms. The lowest BCUT2D eigenvalue weighted by Crippen LogP contribution is -2.34. The van der Waals surface area contributed by atoms with Crippen LogP contribution in [0.2, 0.25) is 0 Å². The Bertz CT molecular complexity index is 254. The first-order valence-corrected chi connectivity index (χ1v) is 3.10. The normalized spacial score (nSPS) is 28.0. The van der Waals surface area contributed by atoms with Crippen LogP contribution in [0.4, 0.5) is 4.79 Å². The summed E-state index contributed by atoms with van der Waals surface area (Å²) in [7, 11) is 0. The highest BCUT2D eigenvalue weighted by Crippen LogP contribution is 2.13. The Labute approximate surface area is 70.9 Å². The van der Waals surface area contributed by atoms with Crippen LogP contribution in [0.25, 0.3) is 0 Å². The smallest absolute Gasteiger partial charge is 0.448 e. The van der Waals surface area contributed by atoms with E-state index in [9.17, 15) is 14.4 Å². The molecule has 1 heterocycles. The zero-order valence-electron chi connectivity index (χ0n) is 6.08. The second-order valence-electron chi connectivity index (χ2n) is 2.22. The van der Waals surface area contributed by atoms with Gasteiger partial charge in [0.15, 0.2) is 12.2 Å². The topological polar surface area (TPSA) is 124 Å². The molecule has 13 heavy (non-hydrogen) atoms.